The van der Waals surface area contributed by atoms with Crippen molar-refractivity contribution >= 4 is 11.5 Å². The van der Waals surface area contributed by atoms with E-state index in [0.29, 0.717) is 17.9 Å². The fourth-order valence-corrected chi connectivity index (χ4v) is 3.49. The van der Waals surface area contributed by atoms with Crippen LogP contribution in [0, 0.1) is 22.0 Å². The molecule has 102 valence electrons. The van der Waals surface area contributed by atoms with Gasteiger partial charge in [0.15, 0.2) is 0 Å². The van der Waals surface area contributed by atoms with E-state index in [1.165, 1.54) is 12.3 Å². The number of nitrogens with one attached hydrogen (secondary N) is 1. The largest absolute Gasteiger partial charge is 0.353 e. The standard InChI is InChI=1S/C13H18N4O2/c1-2-12-11-7-14-6-9(11)8-16(12)13-5-10(17(18)19)3-4-15-13/h3-5,9,11-12,14H,2,6-8H2,1H3. The maximum absolute atomic E-state index is 10.9. The van der Waals surface area contributed by atoms with Crippen molar-refractivity contribution < 1.29 is 4.92 Å². The summed E-state index contributed by atoms with van der Waals surface area (Å²) in [6, 6.07) is 3.48. The zero-order valence-corrected chi connectivity index (χ0v) is 11.0. The normalized spacial score (nSPS) is 29.5. The van der Waals surface area contributed by atoms with Crippen LogP contribution < -0.4 is 10.2 Å². The second kappa shape index (κ2) is 4.77. The number of aromatic nitrogens is 1. The van der Waals surface area contributed by atoms with Crippen molar-refractivity contribution in [3.05, 3.63) is 28.4 Å². The van der Waals surface area contributed by atoms with Crippen LogP contribution in [0.25, 0.3) is 0 Å². The number of rotatable bonds is 3. The van der Waals surface area contributed by atoms with Gasteiger partial charge in [0.05, 0.1) is 11.0 Å². The molecule has 0 amide bonds. The predicted octanol–water partition coefficient (Wildman–Crippen LogP) is 1.42. The van der Waals surface area contributed by atoms with Crippen LogP contribution in [0.4, 0.5) is 11.5 Å². The number of pyridine rings is 1. The molecule has 3 heterocycles. The van der Waals surface area contributed by atoms with E-state index in [2.05, 4.69) is 22.1 Å². The lowest BCUT2D eigenvalue weighted by atomic mass is 9.93. The molecule has 2 fully saturated rings. The minimum atomic E-state index is -0.357. The van der Waals surface area contributed by atoms with Crippen LogP contribution in [-0.4, -0.2) is 35.6 Å². The van der Waals surface area contributed by atoms with E-state index >= 15 is 0 Å². The van der Waals surface area contributed by atoms with Crippen LogP contribution in [-0.2, 0) is 0 Å². The molecule has 0 radical (unpaired) electrons. The second-order valence-corrected chi connectivity index (χ2v) is 5.34. The van der Waals surface area contributed by atoms with Crippen molar-refractivity contribution in [2.75, 3.05) is 24.5 Å². The average Bonchev–Trinajstić information content (AvgIpc) is 2.98. The lowest BCUT2D eigenvalue weighted by Crippen LogP contribution is -2.35. The Morgan fingerprint density at radius 1 is 1.58 bits per heavy atom. The molecule has 3 unspecified atom stereocenters. The summed E-state index contributed by atoms with van der Waals surface area (Å²) in [6.07, 6.45) is 2.58. The zero-order chi connectivity index (χ0) is 13.4. The Morgan fingerprint density at radius 2 is 2.42 bits per heavy atom. The van der Waals surface area contributed by atoms with Crippen LogP contribution in [0.2, 0.25) is 0 Å². The summed E-state index contributed by atoms with van der Waals surface area (Å²) in [5.41, 5.74) is 0.120. The molecule has 3 atom stereocenters. The molecule has 1 aromatic rings. The average molecular weight is 262 g/mol. The molecular formula is C13H18N4O2. The molecule has 0 saturated carbocycles. The maximum Gasteiger partial charge on any atom is 0.274 e. The fraction of sp³-hybridized carbons (Fsp3) is 0.615. The molecular weight excluding hydrogens is 244 g/mol. The van der Waals surface area contributed by atoms with Gasteiger partial charge in [0, 0.05) is 37.9 Å². The Hall–Kier alpha value is -1.69. The predicted molar refractivity (Wildman–Crippen MR) is 72.2 cm³/mol. The highest BCUT2D eigenvalue weighted by Gasteiger charge is 2.43. The first-order chi connectivity index (χ1) is 9.20. The van der Waals surface area contributed by atoms with Crippen molar-refractivity contribution in [1.82, 2.24) is 10.3 Å². The first-order valence-electron chi connectivity index (χ1n) is 6.78. The molecule has 2 aliphatic rings. The Labute approximate surface area is 112 Å². The van der Waals surface area contributed by atoms with Gasteiger partial charge >= 0.3 is 0 Å². The van der Waals surface area contributed by atoms with Crippen LogP contribution in [0.5, 0.6) is 0 Å². The summed E-state index contributed by atoms with van der Waals surface area (Å²) in [6.45, 7) is 5.22. The Morgan fingerprint density at radius 3 is 3.16 bits per heavy atom. The monoisotopic (exact) mass is 262 g/mol. The third-order valence-corrected chi connectivity index (χ3v) is 4.37. The summed E-state index contributed by atoms with van der Waals surface area (Å²) >= 11 is 0. The molecule has 0 aliphatic carbocycles. The first kappa shape index (κ1) is 12.3. The van der Waals surface area contributed by atoms with Crippen LogP contribution >= 0.6 is 0 Å². The molecule has 0 aromatic carbocycles. The van der Waals surface area contributed by atoms with Gasteiger partial charge in [-0.05, 0) is 18.3 Å². The number of nitro groups is 1. The van der Waals surface area contributed by atoms with Gasteiger partial charge in [-0.15, -0.1) is 0 Å². The smallest absolute Gasteiger partial charge is 0.274 e. The Kier molecular flexibility index (Phi) is 3.10. The van der Waals surface area contributed by atoms with E-state index in [9.17, 15) is 10.1 Å². The van der Waals surface area contributed by atoms with E-state index in [4.69, 9.17) is 0 Å². The number of anilines is 1. The summed E-state index contributed by atoms with van der Waals surface area (Å²) in [7, 11) is 0. The number of fused-ring (bicyclic) bond motifs is 1. The van der Waals surface area contributed by atoms with E-state index in [1.807, 2.05) is 0 Å². The molecule has 2 saturated heterocycles. The molecule has 1 aromatic heterocycles. The minimum absolute atomic E-state index is 0.120. The zero-order valence-electron chi connectivity index (χ0n) is 11.0. The van der Waals surface area contributed by atoms with Crippen molar-refractivity contribution in [2.45, 2.75) is 19.4 Å². The Bertz CT molecular complexity index is 493. The summed E-state index contributed by atoms with van der Waals surface area (Å²) in [4.78, 5) is 17.1. The van der Waals surface area contributed by atoms with E-state index in [-0.39, 0.29) is 10.6 Å². The molecule has 1 N–H and O–H groups in total. The second-order valence-electron chi connectivity index (χ2n) is 5.34. The molecule has 3 rings (SSSR count). The highest BCUT2D eigenvalue weighted by Crippen LogP contribution is 2.37. The van der Waals surface area contributed by atoms with Crippen molar-refractivity contribution in [2.24, 2.45) is 11.8 Å². The Balaban J connectivity index is 1.89. The van der Waals surface area contributed by atoms with Gasteiger partial charge in [-0.25, -0.2) is 4.98 Å². The molecule has 19 heavy (non-hydrogen) atoms. The van der Waals surface area contributed by atoms with Gasteiger partial charge < -0.3 is 10.2 Å². The summed E-state index contributed by atoms with van der Waals surface area (Å²) < 4.78 is 0. The highest BCUT2D eigenvalue weighted by molar-refractivity contribution is 5.49. The highest BCUT2D eigenvalue weighted by atomic mass is 16.6. The first-order valence-corrected chi connectivity index (χ1v) is 6.78. The van der Waals surface area contributed by atoms with Crippen LogP contribution in [0.1, 0.15) is 13.3 Å². The van der Waals surface area contributed by atoms with Gasteiger partial charge in [0.1, 0.15) is 5.82 Å². The summed E-state index contributed by atoms with van der Waals surface area (Å²) in [5, 5.41) is 14.3. The molecule has 0 bridgehead atoms. The van der Waals surface area contributed by atoms with Crippen molar-refractivity contribution in [3.8, 4) is 0 Å². The lowest BCUT2D eigenvalue weighted by Gasteiger charge is -2.27. The number of nitrogens with zero attached hydrogens (tertiary/aromatic N) is 3. The SMILES string of the molecule is CCC1C2CNCC2CN1c1cc([N+](=O)[O-])ccn1. The molecule has 2 aliphatic heterocycles. The number of hydrogen-bond acceptors (Lipinski definition) is 5. The molecule has 6 nitrogen and oxygen atoms in total. The molecule has 6 heteroatoms. The third kappa shape index (κ3) is 2.06. The lowest BCUT2D eigenvalue weighted by molar-refractivity contribution is -0.384. The van der Waals surface area contributed by atoms with E-state index in [0.717, 1.165) is 31.9 Å². The fourth-order valence-electron chi connectivity index (χ4n) is 3.49. The van der Waals surface area contributed by atoms with E-state index < -0.39 is 0 Å². The van der Waals surface area contributed by atoms with Gasteiger partial charge in [-0.1, -0.05) is 6.92 Å². The van der Waals surface area contributed by atoms with Crippen LogP contribution in [0.3, 0.4) is 0 Å². The third-order valence-electron chi connectivity index (χ3n) is 4.37. The molecule has 0 spiro atoms. The maximum atomic E-state index is 10.9. The van der Waals surface area contributed by atoms with Crippen molar-refractivity contribution in [1.29, 1.82) is 0 Å². The van der Waals surface area contributed by atoms with Crippen molar-refractivity contribution in [3.63, 3.8) is 0 Å². The van der Waals surface area contributed by atoms with Gasteiger partial charge in [-0.3, -0.25) is 10.1 Å². The summed E-state index contributed by atoms with van der Waals surface area (Å²) in [5.74, 6) is 2.03. The van der Waals surface area contributed by atoms with Gasteiger partial charge in [0.25, 0.3) is 5.69 Å². The minimum Gasteiger partial charge on any atom is -0.353 e. The van der Waals surface area contributed by atoms with E-state index in [1.54, 1.807) is 6.07 Å². The number of hydrogen-bond donors (Lipinski definition) is 1. The van der Waals surface area contributed by atoms with Crippen LogP contribution in [0.15, 0.2) is 18.3 Å². The van der Waals surface area contributed by atoms with Gasteiger partial charge in [0.2, 0.25) is 0 Å². The quantitative estimate of drug-likeness (QED) is 0.659. The van der Waals surface area contributed by atoms with Gasteiger partial charge in [-0.2, -0.15) is 0 Å². The topological polar surface area (TPSA) is 71.3 Å².